The molecule has 1 saturated heterocycles. The molecule has 9 nitrogen and oxygen atoms in total. The van der Waals surface area contributed by atoms with Gasteiger partial charge in [0.05, 0.1) is 5.69 Å². The molecule has 0 aliphatic carbocycles. The zero-order valence-corrected chi connectivity index (χ0v) is 14.9. The second kappa shape index (κ2) is 7.77. The molecule has 1 aromatic rings. The molecule has 146 valence electrons. The summed E-state index contributed by atoms with van der Waals surface area (Å²) in [6.07, 6.45) is -8.32. The molecule has 5 unspecified atom stereocenters. The number of aliphatic hydroxyl groups excluding tert-OH is 3. The number of carboxylic acid groups (broad SMARTS) is 1. The van der Waals surface area contributed by atoms with Gasteiger partial charge in [-0.3, -0.25) is 0 Å². The highest BCUT2D eigenvalue weighted by Gasteiger charge is 2.48. The number of nitrogens with two attached hydrogens (primary N) is 1. The van der Waals surface area contributed by atoms with Crippen molar-refractivity contribution in [1.82, 2.24) is 0 Å². The number of rotatable bonds is 5. The third kappa shape index (κ3) is 4.63. The first-order valence-corrected chi connectivity index (χ1v) is 8.24. The average Bonchev–Trinajstić information content (AvgIpc) is 2.54. The smallest absolute Gasteiger partial charge is 0.335 e. The Morgan fingerprint density at radius 3 is 2.42 bits per heavy atom. The molecular formula is C17H26N2O7. The molecule has 2 rings (SSSR count). The molecule has 1 fully saturated rings. The fourth-order valence-electron chi connectivity index (χ4n) is 2.58. The summed E-state index contributed by atoms with van der Waals surface area (Å²) in [4.78, 5) is 11.2. The molecular weight excluding hydrogens is 344 g/mol. The SMILES string of the molecule is CC(C)(C)Nc1cc(CN)ccc1OC1OC(C(=O)O)C(O)C(O)C1O. The highest BCUT2D eigenvalue weighted by atomic mass is 16.7. The third-order valence-electron chi connectivity index (χ3n) is 3.85. The molecule has 0 aromatic heterocycles. The number of nitrogens with one attached hydrogen (secondary N) is 1. The third-order valence-corrected chi connectivity index (χ3v) is 3.85. The normalized spacial score (nSPS) is 29.3. The Bertz CT molecular complexity index is 646. The van der Waals surface area contributed by atoms with E-state index in [1.54, 1.807) is 18.2 Å². The van der Waals surface area contributed by atoms with Gasteiger partial charge in [-0.15, -0.1) is 0 Å². The first-order chi connectivity index (χ1) is 12.0. The van der Waals surface area contributed by atoms with Crippen molar-refractivity contribution in [3.05, 3.63) is 23.8 Å². The van der Waals surface area contributed by atoms with Gasteiger partial charge in [0, 0.05) is 12.1 Å². The molecule has 0 radical (unpaired) electrons. The van der Waals surface area contributed by atoms with Crippen LogP contribution in [0.4, 0.5) is 5.69 Å². The van der Waals surface area contributed by atoms with Gasteiger partial charge >= 0.3 is 5.97 Å². The quantitative estimate of drug-likeness (QED) is 0.407. The van der Waals surface area contributed by atoms with Gasteiger partial charge in [-0.1, -0.05) is 6.07 Å². The van der Waals surface area contributed by atoms with Crippen LogP contribution >= 0.6 is 0 Å². The Hall–Kier alpha value is -1.91. The number of aliphatic hydroxyl groups is 3. The van der Waals surface area contributed by atoms with Crippen molar-refractivity contribution in [3.8, 4) is 5.75 Å². The number of hydrogen-bond donors (Lipinski definition) is 6. The predicted molar refractivity (Wildman–Crippen MR) is 92.7 cm³/mol. The number of ether oxygens (including phenoxy) is 2. The fraction of sp³-hybridized carbons (Fsp3) is 0.588. The van der Waals surface area contributed by atoms with Crippen molar-refractivity contribution in [2.24, 2.45) is 5.73 Å². The molecule has 1 aliphatic rings. The number of carbonyl (C=O) groups is 1. The highest BCUT2D eigenvalue weighted by Crippen LogP contribution is 2.32. The summed E-state index contributed by atoms with van der Waals surface area (Å²) in [5.74, 6) is -1.18. The van der Waals surface area contributed by atoms with E-state index in [4.69, 9.17) is 20.3 Å². The zero-order valence-electron chi connectivity index (χ0n) is 14.9. The van der Waals surface area contributed by atoms with Crippen LogP contribution in [-0.2, 0) is 16.1 Å². The maximum Gasteiger partial charge on any atom is 0.335 e. The van der Waals surface area contributed by atoms with Gasteiger partial charge in [-0.2, -0.15) is 0 Å². The topological polar surface area (TPSA) is 154 Å². The molecule has 1 aromatic carbocycles. The maximum atomic E-state index is 11.2. The maximum absolute atomic E-state index is 11.2. The summed E-state index contributed by atoms with van der Waals surface area (Å²) >= 11 is 0. The van der Waals surface area contributed by atoms with E-state index in [1.165, 1.54) is 0 Å². The lowest BCUT2D eigenvalue weighted by Gasteiger charge is -2.38. The van der Waals surface area contributed by atoms with Crippen LogP contribution in [0.3, 0.4) is 0 Å². The van der Waals surface area contributed by atoms with Gasteiger partial charge in [0.2, 0.25) is 6.29 Å². The Balaban J connectivity index is 2.29. The lowest BCUT2D eigenvalue weighted by atomic mass is 9.99. The summed E-state index contributed by atoms with van der Waals surface area (Å²) in [5.41, 5.74) is 6.77. The highest BCUT2D eigenvalue weighted by molar-refractivity contribution is 5.73. The minimum absolute atomic E-state index is 0.286. The first kappa shape index (κ1) is 20.4. The summed E-state index contributed by atoms with van der Waals surface area (Å²) in [5, 5.41) is 42.1. The minimum atomic E-state index is -1.77. The number of hydrogen-bond acceptors (Lipinski definition) is 8. The van der Waals surface area contributed by atoms with Gasteiger partial charge in [0.15, 0.2) is 6.10 Å². The zero-order chi connectivity index (χ0) is 19.6. The van der Waals surface area contributed by atoms with Crippen LogP contribution in [0.25, 0.3) is 0 Å². The van der Waals surface area contributed by atoms with Crippen molar-refractivity contribution in [1.29, 1.82) is 0 Å². The van der Waals surface area contributed by atoms with Crippen LogP contribution < -0.4 is 15.8 Å². The van der Waals surface area contributed by atoms with Gasteiger partial charge in [0.1, 0.15) is 24.1 Å². The van der Waals surface area contributed by atoms with Crippen molar-refractivity contribution in [3.63, 3.8) is 0 Å². The van der Waals surface area contributed by atoms with Crippen molar-refractivity contribution < 1.29 is 34.7 Å². The molecule has 1 heterocycles. The van der Waals surface area contributed by atoms with Crippen molar-refractivity contribution in [2.75, 3.05) is 5.32 Å². The van der Waals surface area contributed by atoms with E-state index in [9.17, 15) is 20.1 Å². The molecule has 0 saturated carbocycles. The largest absolute Gasteiger partial charge is 0.479 e. The van der Waals surface area contributed by atoms with E-state index < -0.39 is 36.7 Å². The Morgan fingerprint density at radius 1 is 1.23 bits per heavy atom. The fourth-order valence-corrected chi connectivity index (χ4v) is 2.58. The average molecular weight is 370 g/mol. The van der Waals surface area contributed by atoms with Gasteiger partial charge < -0.3 is 41.0 Å². The standard InChI is InChI=1S/C17H26N2O7/c1-17(2,3)19-9-6-8(7-18)4-5-10(9)25-16-13(22)11(20)12(21)14(26-16)15(23)24/h4-6,11-14,16,19-22H,7,18H2,1-3H3,(H,23,24). The number of benzene rings is 1. The molecule has 0 amide bonds. The Morgan fingerprint density at radius 2 is 1.88 bits per heavy atom. The van der Waals surface area contributed by atoms with E-state index in [1.807, 2.05) is 20.8 Å². The van der Waals surface area contributed by atoms with Gasteiger partial charge in [-0.05, 0) is 38.5 Å². The second-order valence-electron chi connectivity index (χ2n) is 7.26. The molecule has 7 N–H and O–H groups in total. The monoisotopic (exact) mass is 370 g/mol. The van der Waals surface area contributed by atoms with E-state index >= 15 is 0 Å². The molecule has 0 bridgehead atoms. The molecule has 9 heteroatoms. The van der Waals surface area contributed by atoms with E-state index in [2.05, 4.69) is 5.32 Å². The summed E-state index contributed by atoms with van der Waals surface area (Å²) in [6.45, 7) is 6.14. The van der Waals surface area contributed by atoms with Crippen LogP contribution in [0.1, 0.15) is 26.3 Å². The molecule has 0 spiro atoms. The van der Waals surface area contributed by atoms with Crippen LogP contribution in [0.15, 0.2) is 18.2 Å². The summed E-state index contributed by atoms with van der Waals surface area (Å²) in [6, 6.07) is 5.10. The van der Waals surface area contributed by atoms with Crippen LogP contribution in [0.2, 0.25) is 0 Å². The Labute approximate surface area is 151 Å². The first-order valence-electron chi connectivity index (χ1n) is 8.24. The number of anilines is 1. The van der Waals surface area contributed by atoms with Gasteiger partial charge in [-0.25, -0.2) is 4.79 Å². The molecule has 26 heavy (non-hydrogen) atoms. The van der Waals surface area contributed by atoms with Crippen molar-refractivity contribution in [2.45, 2.75) is 63.6 Å². The second-order valence-corrected chi connectivity index (χ2v) is 7.26. The number of aliphatic carboxylic acids is 1. The van der Waals surface area contributed by atoms with Crippen LogP contribution in [-0.4, -0.2) is 62.6 Å². The lowest BCUT2D eigenvalue weighted by Crippen LogP contribution is -2.61. The van der Waals surface area contributed by atoms with E-state index in [-0.39, 0.29) is 11.3 Å². The van der Waals surface area contributed by atoms with E-state index in [0.29, 0.717) is 12.2 Å². The van der Waals surface area contributed by atoms with E-state index in [0.717, 1.165) is 5.56 Å². The number of carboxylic acids is 1. The van der Waals surface area contributed by atoms with Crippen LogP contribution in [0.5, 0.6) is 5.75 Å². The van der Waals surface area contributed by atoms with Gasteiger partial charge in [0.25, 0.3) is 0 Å². The van der Waals surface area contributed by atoms with Crippen LogP contribution in [0, 0.1) is 0 Å². The lowest BCUT2D eigenvalue weighted by molar-refractivity contribution is -0.271. The summed E-state index contributed by atoms with van der Waals surface area (Å²) < 4.78 is 10.8. The predicted octanol–water partition coefficient (Wildman–Crippen LogP) is -0.373. The molecule has 5 atom stereocenters. The minimum Gasteiger partial charge on any atom is -0.479 e. The summed E-state index contributed by atoms with van der Waals surface area (Å²) in [7, 11) is 0. The van der Waals surface area contributed by atoms with Crippen molar-refractivity contribution >= 4 is 11.7 Å². The Kier molecular flexibility index (Phi) is 6.09. The molecule has 1 aliphatic heterocycles.